The highest BCUT2D eigenvalue weighted by Crippen LogP contribution is 2.27. The van der Waals surface area contributed by atoms with E-state index in [1.807, 2.05) is 13.2 Å². The Morgan fingerprint density at radius 3 is 2.76 bits per heavy atom. The Kier molecular flexibility index (Phi) is 6.41. The van der Waals surface area contributed by atoms with Gasteiger partial charge in [0.15, 0.2) is 5.69 Å². The fourth-order valence-electron chi connectivity index (χ4n) is 1.75. The zero-order valence-electron chi connectivity index (χ0n) is 12.5. The van der Waals surface area contributed by atoms with E-state index in [1.54, 1.807) is 23.7 Å². The van der Waals surface area contributed by atoms with Crippen LogP contribution in [0.25, 0.3) is 0 Å². The van der Waals surface area contributed by atoms with Gasteiger partial charge in [0.1, 0.15) is 0 Å². The van der Waals surface area contributed by atoms with E-state index in [1.165, 1.54) is 19.2 Å². The molecule has 116 valence electrons. The average molecular weight is 313 g/mol. The zero-order chi connectivity index (χ0) is 16.0. The molecule has 0 aliphatic carbocycles. The third-order valence-corrected chi connectivity index (χ3v) is 3.82. The lowest BCUT2D eigenvalue weighted by atomic mass is 10.2. The summed E-state index contributed by atoms with van der Waals surface area (Å²) >= 11 is 1.71. The maximum absolute atomic E-state index is 11.5. The van der Waals surface area contributed by atoms with E-state index in [-0.39, 0.29) is 23.2 Å². The molecular formula is C13H19N3O4S. The Morgan fingerprint density at radius 1 is 1.57 bits per heavy atom. The Hall–Kier alpha value is -1.83. The molecule has 0 radical (unpaired) electrons. The van der Waals surface area contributed by atoms with E-state index in [9.17, 15) is 14.9 Å². The van der Waals surface area contributed by atoms with Crippen LogP contribution in [0, 0.1) is 10.1 Å². The lowest BCUT2D eigenvalue weighted by molar-refractivity contribution is -0.384. The maximum atomic E-state index is 11.5. The number of esters is 1. The second-order valence-electron chi connectivity index (χ2n) is 4.53. The molecule has 0 amide bonds. The first-order valence-corrected chi connectivity index (χ1v) is 7.77. The summed E-state index contributed by atoms with van der Waals surface area (Å²) in [4.78, 5) is 28.0. The van der Waals surface area contributed by atoms with Crippen LogP contribution in [0.1, 0.15) is 23.8 Å². The summed E-state index contributed by atoms with van der Waals surface area (Å²) in [6.07, 6.45) is 2.87. The number of ether oxygens (including phenoxy) is 1. The lowest BCUT2D eigenvalue weighted by Crippen LogP contribution is -2.31. The normalized spacial score (nSPS) is 11.8. The van der Waals surface area contributed by atoms with Crippen molar-refractivity contribution in [2.45, 2.75) is 19.4 Å². The zero-order valence-corrected chi connectivity index (χ0v) is 13.3. The molecule has 0 saturated heterocycles. The molecular weight excluding hydrogens is 294 g/mol. The molecule has 1 atom stereocenters. The lowest BCUT2D eigenvalue weighted by Gasteiger charge is -2.25. The first-order valence-electron chi connectivity index (χ1n) is 6.37. The number of carbonyl (C=O) groups is 1. The van der Waals surface area contributed by atoms with Crippen LogP contribution in [-0.2, 0) is 4.74 Å². The largest absolute Gasteiger partial charge is 0.464 e. The van der Waals surface area contributed by atoms with Crippen molar-refractivity contribution < 1.29 is 14.5 Å². The summed E-state index contributed by atoms with van der Waals surface area (Å²) in [5.41, 5.74) is -0.0665. The van der Waals surface area contributed by atoms with Gasteiger partial charge in [-0.3, -0.25) is 10.1 Å². The van der Waals surface area contributed by atoms with Crippen LogP contribution in [0.3, 0.4) is 0 Å². The van der Waals surface area contributed by atoms with Crippen LogP contribution in [0.2, 0.25) is 0 Å². The van der Waals surface area contributed by atoms with Crippen molar-refractivity contribution in [2.75, 3.05) is 31.1 Å². The standard InChI is InChI=1S/C13H19N3O4S/c1-9(7-8-21-4)15(2)12-11(16(18)19)6-5-10(14-12)13(17)20-3/h5-6,9H,7-8H2,1-4H3. The van der Waals surface area contributed by atoms with Crippen LogP contribution >= 0.6 is 11.8 Å². The highest BCUT2D eigenvalue weighted by molar-refractivity contribution is 7.98. The molecule has 0 aliphatic rings. The van der Waals surface area contributed by atoms with Gasteiger partial charge in [-0.05, 0) is 31.4 Å². The molecule has 0 bridgehead atoms. The number of hydrogen-bond donors (Lipinski definition) is 0. The third-order valence-electron chi connectivity index (χ3n) is 3.18. The number of nitro groups is 1. The fraction of sp³-hybridized carbons (Fsp3) is 0.538. The molecule has 0 N–H and O–H groups in total. The summed E-state index contributed by atoms with van der Waals surface area (Å²) in [7, 11) is 2.98. The molecule has 0 aromatic carbocycles. The first-order chi connectivity index (χ1) is 9.92. The molecule has 1 heterocycles. The van der Waals surface area contributed by atoms with Crippen molar-refractivity contribution in [1.29, 1.82) is 0 Å². The van der Waals surface area contributed by atoms with Gasteiger partial charge in [0.2, 0.25) is 5.82 Å². The van der Waals surface area contributed by atoms with Crippen molar-refractivity contribution in [2.24, 2.45) is 0 Å². The van der Waals surface area contributed by atoms with Gasteiger partial charge in [0, 0.05) is 19.2 Å². The molecule has 21 heavy (non-hydrogen) atoms. The summed E-state index contributed by atoms with van der Waals surface area (Å²) in [5.74, 6) is 0.503. The number of aromatic nitrogens is 1. The topological polar surface area (TPSA) is 85.6 Å². The van der Waals surface area contributed by atoms with E-state index in [4.69, 9.17) is 0 Å². The highest BCUT2D eigenvalue weighted by Gasteiger charge is 2.24. The molecule has 0 saturated carbocycles. The quantitative estimate of drug-likeness (QED) is 0.434. The van der Waals surface area contributed by atoms with Crippen molar-refractivity contribution >= 4 is 29.2 Å². The van der Waals surface area contributed by atoms with Crippen molar-refractivity contribution in [3.8, 4) is 0 Å². The van der Waals surface area contributed by atoms with Crippen molar-refractivity contribution in [3.63, 3.8) is 0 Å². The SMILES string of the molecule is COC(=O)c1ccc([N+](=O)[O-])c(N(C)C(C)CCSC)n1. The van der Waals surface area contributed by atoms with E-state index in [2.05, 4.69) is 9.72 Å². The van der Waals surface area contributed by atoms with Gasteiger partial charge in [-0.15, -0.1) is 0 Å². The second-order valence-corrected chi connectivity index (χ2v) is 5.51. The van der Waals surface area contributed by atoms with E-state index in [0.717, 1.165) is 12.2 Å². The van der Waals surface area contributed by atoms with E-state index >= 15 is 0 Å². The molecule has 1 rings (SSSR count). The smallest absolute Gasteiger partial charge is 0.356 e. The van der Waals surface area contributed by atoms with Crippen LogP contribution in [0.15, 0.2) is 12.1 Å². The van der Waals surface area contributed by atoms with Crippen LogP contribution in [-0.4, -0.2) is 48.1 Å². The number of methoxy groups -OCH3 is 1. The van der Waals surface area contributed by atoms with Crippen molar-refractivity contribution in [3.05, 3.63) is 27.9 Å². The van der Waals surface area contributed by atoms with Gasteiger partial charge in [-0.1, -0.05) is 0 Å². The average Bonchev–Trinajstić information content (AvgIpc) is 2.50. The summed E-state index contributed by atoms with van der Waals surface area (Å²) in [5, 5.41) is 11.1. The first kappa shape index (κ1) is 17.2. The molecule has 1 unspecified atom stereocenters. The Morgan fingerprint density at radius 2 is 2.24 bits per heavy atom. The minimum Gasteiger partial charge on any atom is -0.464 e. The van der Waals surface area contributed by atoms with E-state index < -0.39 is 10.9 Å². The Balaban J connectivity index is 3.16. The number of pyridine rings is 1. The number of rotatable bonds is 7. The predicted molar refractivity (Wildman–Crippen MR) is 83.1 cm³/mol. The number of carbonyl (C=O) groups excluding carboxylic acids is 1. The molecule has 1 aromatic rings. The molecule has 0 spiro atoms. The Bertz CT molecular complexity index is 524. The third kappa shape index (κ3) is 4.32. The minimum absolute atomic E-state index is 0.0574. The van der Waals surface area contributed by atoms with Gasteiger partial charge >= 0.3 is 11.7 Å². The number of anilines is 1. The number of nitrogens with zero attached hydrogens (tertiary/aromatic N) is 3. The Labute approximate surface area is 127 Å². The van der Waals surface area contributed by atoms with Gasteiger partial charge in [-0.25, -0.2) is 9.78 Å². The maximum Gasteiger partial charge on any atom is 0.356 e. The van der Waals surface area contributed by atoms with Gasteiger partial charge in [0.05, 0.1) is 12.0 Å². The molecule has 0 aliphatic heterocycles. The minimum atomic E-state index is -0.615. The molecule has 0 fully saturated rings. The summed E-state index contributed by atoms with van der Waals surface area (Å²) < 4.78 is 4.60. The predicted octanol–water partition coefficient (Wildman–Crippen LogP) is 2.35. The summed E-state index contributed by atoms with van der Waals surface area (Å²) in [6.45, 7) is 1.96. The molecule has 1 aromatic heterocycles. The second kappa shape index (κ2) is 7.82. The monoisotopic (exact) mass is 313 g/mol. The molecule has 8 heteroatoms. The van der Waals surface area contributed by atoms with Crippen LogP contribution < -0.4 is 4.90 Å². The van der Waals surface area contributed by atoms with Gasteiger partial charge in [-0.2, -0.15) is 11.8 Å². The fourth-order valence-corrected chi connectivity index (χ4v) is 2.33. The van der Waals surface area contributed by atoms with Crippen molar-refractivity contribution in [1.82, 2.24) is 4.98 Å². The van der Waals surface area contributed by atoms with E-state index in [0.29, 0.717) is 0 Å². The molecule has 7 nitrogen and oxygen atoms in total. The highest BCUT2D eigenvalue weighted by atomic mass is 32.2. The van der Waals surface area contributed by atoms with Gasteiger partial charge < -0.3 is 9.64 Å². The van der Waals surface area contributed by atoms with Gasteiger partial charge in [0.25, 0.3) is 0 Å². The number of thioether (sulfide) groups is 1. The summed E-state index contributed by atoms with van der Waals surface area (Å²) in [6, 6.07) is 2.65. The van der Waals surface area contributed by atoms with Crippen LogP contribution in [0.5, 0.6) is 0 Å². The number of hydrogen-bond acceptors (Lipinski definition) is 7. The van der Waals surface area contributed by atoms with Crippen LogP contribution in [0.4, 0.5) is 11.5 Å².